The molecule has 13 heavy (non-hydrogen) atoms. The van der Waals surface area contributed by atoms with E-state index in [2.05, 4.69) is 6.58 Å². The highest BCUT2D eigenvalue weighted by molar-refractivity contribution is 5.86. The minimum atomic E-state index is -0.313. The van der Waals surface area contributed by atoms with Crippen LogP contribution in [0.2, 0.25) is 0 Å². The molecule has 0 bridgehead atoms. The van der Waals surface area contributed by atoms with Crippen molar-refractivity contribution in [3.63, 3.8) is 0 Å². The predicted molar refractivity (Wildman–Crippen MR) is 58.3 cm³/mol. The van der Waals surface area contributed by atoms with Crippen molar-refractivity contribution in [1.82, 2.24) is 4.90 Å². The lowest BCUT2D eigenvalue weighted by atomic mass is 10.4. The molecule has 80 valence electrons. The Labute approximate surface area is 88.6 Å². The summed E-state index contributed by atoms with van der Waals surface area (Å²) in [5, 5.41) is 0. The lowest BCUT2D eigenvalue weighted by Gasteiger charge is -2.09. The molecule has 0 saturated heterocycles. The number of ether oxygens (including phenoxy) is 1. The van der Waals surface area contributed by atoms with E-state index >= 15 is 0 Å². The zero-order valence-electron chi connectivity index (χ0n) is 9.79. The first kappa shape index (κ1) is 15.0. The van der Waals surface area contributed by atoms with Gasteiger partial charge in [-0.05, 0) is 21.0 Å². The molecule has 0 aromatic carbocycles. The molecule has 0 aliphatic heterocycles. The van der Waals surface area contributed by atoms with Crippen molar-refractivity contribution in [3.8, 4) is 0 Å². The SMILES string of the molecule is C=C(C)C(=O)OCCN(C)C.Cl.[2H]C. The van der Waals surface area contributed by atoms with Gasteiger partial charge in [0.15, 0.2) is 0 Å². The fourth-order valence-corrected chi connectivity index (χ4v) is 0.444. The highest BCUT2D eigenvalue weighted by Crippen LogP contribution is 1.91. The zero-order chi connectivity index (χ0) is 10.9. The molecule has 0 N–H and O–H groups in total. The van der Waals surface area contributed by atoms with Crippen LogP contribution < -0.4 is 0 Å². The number of carbonyl (C=O) groups excluding carboxylic acids is 1. The summed E-state index contributed by atoms with van der Waals surface area (Å²) >= 11 is 0. The lowest BCUT2D eigenvalue weighted by molar-refractivity contribution is -0.139. The van der Waals surface area contributed by atoms with Crippen molar-refractivity contribution in [2.24, 2.45) is 0 Å². The van der Waals surface area contributed by atoms with Gasteiger partial charge in [0.25, 0.3) is 0 Å². The molecule has 0 aromatic rings. The zero-order valence-corrected chi connectivity index (χ0v) is 9.61. The Morgan fingerprint density at radius 1 is 1.62 bits per heavy atom. The van der Waals surface area contributed by atoms with Crippen LogP contribution in [-0.2, 0) is 9.53 Å². The van der Waals surface area contributed by atoms with Gasteiger partial charge < -0.3 is 9.64 Å². The number of nitrogens with zero attached hydrogens (tertiary/aromatic N) is 1. The second-order valence-electron chi connectivity index (χ2n) is 2.72. The molecule has 0 atom stereocenters. The molecule has 0 radical (unpaired) electrons. The van der Waals surface area contributed by atoms with Gasteiger partial charge in [0.05, 0.1) is 0 Å². The van der Waals surface area contributed by atoms with Crippen LogP contribution in [0, 0.1) is 0 Å². The summed E-state index contributed by atoms with van der Waals surface area (Å²) in [7, 11) is 5.10. The molecule has 0 aliphatic carbocycles. The maximum absolute atomic E-state index is 10.8. The molecule has 0 aliphatic rings. The molecule has 0 unspecified atom stereocenters. The summed E-state index contributed by atoms with van der Waals surface area (Å²) < 4.78 is 10.6. The van der Waals surface area contributed by atoms with Crippen molar-refractivity contribution >= 4 is 18.4 Å². The minimum absolute atomic E-state index is 0. The van der Waals surface area contributed by atoms with Gasteiger partial charge in [-0.25, -0.2) is 4.79 Å². The minimum Gasteiger partial charge on any atom is -0.461 e. The number of likely N-dealkylation sites (N-methyl/N-ethyl adjacent to an activating group) is 1. The Kier molecular flexibility index (Phi) is 11.0. The third-order valence-corrected chi connectivity index (χ3v) is 1.12. The summed E-state index contributed by atoms with van der Waals surface area (Å²) in [5.41, 5.74) is 0.448. The number of rotatable bonds is 4. The topological polar surface area (TPSA) is 29.5 Å². The summed E-state index contributed by atoms with van der Waals surface area (Å²) in [4.78, 5) is 12.7. The highest BCUT2D eigenvalue weighted by Gasteiger charge is 2.01. The van der Waals surface area contributed by atoms with E-state index in [4.69, 9.17) is 6.11 Å². The highest BCUT2D eigenvalue weighted by atomic mass is 35.5. The molecule has 3 nitrogen and oxygen atoms in total. The molecular weight excluding hydrogens is 190 g/mol. The molecule has 0 amide bonds. The molecule has 0 heterocycles. The van der Waals surface area contributed by atoms with E-state index in [9.17, 15) is 4.79 Å². The van der Waals surface area contributed by atoms with Crippen LogP contribution >= 0.6 is 12.4 Å². The Bertz CT molecular complexity index is 163. The molecule has 0 spiro atoms. The first-order valence-electron chi connectivity index (χ1n) is 4.51. The van der Waals surface area contributed by atoms with Crippen LogP contribution in [0.15, 0.2) is 12.2 Å². The fourth-order valence-electron chi connectivity index (χ4n) is 0.444. The smallest absolute Gasteiger partial charge is 0.333 e. The van der Waals surface area contributed by atoms with Crippen LogP contribution in [0.4, 0.5) is 0 Å². The molecule has 0 fully saturated rings. The van der Waals surface area contributed by atoms with E-state index < -0.39 is 0 Å². The average molecular weight is 211 g/mol. The summed E-state index contributed by atoms with van der Waals surface area (Å²) in [6.07, 6.45) is 0. The van der Waals surface area contributed by atoms with E-state index in [0.717, 1.165) is 6.54 Å². The summed E-state index contributed by atoms with van der Waals surface area (Å²) in [6, 6.07) is 0. The predicted octanol–water partition coefficient (Wildman–Crippen LogP) is 1.73. The third-order valence-electron chi connectivity index (χ3n) is 1.12. The van der Waals surface area contributed by atoms with E-state index in [1.54, 1.807) is 6.92 Å². The Morgan fingerprint density at radius 3 is 2.38 bits per heavy atom. The average Bonchev–Trinajstić information content (AvgIpc) is 2.07. The quantitative estimate of drug-likeness (QED) is 0.523. The van der Waals surface area contributed by atoms with Gasteiger partial charge in [0.2, 0.25) is 0 Å². The third kappa shape index (κ3) is 11.5. The Balaban J connectivity index is -0.000000376. The molecule has 0 aromatic heterocycles. The van der Waals surface area contributed by atoms with Gasteiger partial charge >= 0.3 is 5.97 Å². The van der Waals surface area contributed by atoms with Crippen LogP contribution in [0.25, 0.3) is 0 Å². The first-order chi connectivity index (χ1) is 6.04. The van der Waals surface area contributed by atoms with Crippen molar-refractivity contribution in [2.45, 2.75) is 14.3 Å². The van der Waals surface area contributed by atoms with Crippen LogP contribution in [0.3, 0.4) is 0 Å². The lowest BCUT2D eigenvalue weighted by Crippen LogP contribution is -2.20. The molecule has 0 rings (SSSR count). The van der Waals surface area contributed by atoms with Gasteiger partial charge in [0, 0.05) is 13.5 Å². The number of esters is 1. The maximum Gasteiger partial charge on any atom is 0.333 e. The number of halogens is 1. The van der Waals surface area contributed by atoms with Crippen molar-refractivity contribution in [1.29, 1.82) is 0 Å². The maximum atomic E-state index is 10.8. The van der Waals surface area contributed by atoms with E-state index in [1.807, 2.05) is 19.0 Å². The summed E-state index contributed by atoms with van der Waals surface area (Å²) in [5.74, 6) is -0.313. The van der Waals surface area contributed by atoms with E-state index in [0.29, 0.717) is 12.2 Å². The van der Waals surface area contributed by atoms with E-state index in [-0.39, 0.29) is 18.4 Å². The normalized spacial score (nSPS) is 8.85. The van der Waals surface area contributed by atoms with Gasteiger partial charge in [-0.1, -0.05) is 14.0 Å². The number of hydrogen-bond donors (Lipinski definition) is 0. The van der Waals surface area contributed by atoms with Gasteiger partial charge in [-0.2, -0.15) is 0 Å². The largest absolute Gasteiger partial charge is 0.461 e. The van der Waals surface area contributed by atoms with Crippen molar-refractivity contribution < 1.29 is 10.9 Å². The van der Waals surface area contributed by atoms with Crippen LogP contribution in [-0.4, -0.2) is 38.1 Å². The van der Waals surface area contributed by atoms with E-state index in [1.165, 1.54) is 7.40 Å². The van der Waals surface area contributed by atoms with Crippen LogP contribution in [0.5, 0.6) is 0 Å². The van der Waals surface area contributed by atoms with Crippen molar-refractivity contribution in [2.75, 3.05) is 27.2 Å². The summed E-state index contributed by atoms with van der Waals surface area (Å²) in [6.45, 7) is 6.28. The molecule has 4 heteroatoms. The number of carbonyl (C=O) groups is 1. The Hall–Kier alpha value is -0.540. The number of hydrogen-bond acceptors (Lipinski definition) is 3. The Morgan fingerprint density at radius 2 is 2.08 bits per heavy atom. The monoisotopic (exact) mass is 210 g/mol. The van der Waals surface area contributed by atoms with Crippen LogP contribution in [0.1, 0.15) is 15.7 Å². The van der Waals surface area contributed by atoms with Gasteiger partial charge in [-0.15, -0.1) is 12.4 Å². The fraction of sp³-hybridized carbons (Fsp3) is 0.667. The standard InChI is InChI=1S/C8H15NO2.CH4.ClH/c1-7(2)8(10)11-6-5-9(3)4;;/h1,5-6H2,2-4H3;1H4;1H/i;1D;. The molecule has 0 saturated carbocycles. The van der Waals surface area contributed by atoms with Gasteiger partial charge in [-0.3, -0.25) is 0 Å². The van der Waals surface area contributed by atoms with Gasteiger partial charge in [0.1, 0.15) is 6.61 Å². The van der Waals surface area contributed by atoms with Crippen molar-refractivity contribution in [3.05, 3.63) is 12.2 Å². The first-order valence-corrected chi connectivity index (χ1v) is 3.51. The second kappa shape index (κ2) is 9.55. The molecular formula is C9H20ClNO2. The second-order valence-corrected chi connectivity index (χ2v) is 2.72.